The summed E-state index contributed by atoms with van der Waals surface area (Å²) in [6.07, 6.45) is 3.76. The smallest absolute Gasteiger partial charge is 0.144 e. The highest BCUT2D eigenvalue weighted by Gasteiger charge is 2.07. The van der Waals surface area contributed by atoms with Gasteiger partial charge < -0.3 is 4.74 Å². The molecular weight excluding hydrogens is 226 g/mol. The molecule has 1 aromatic carbocycles. The van der Waals surface area contributed by atoms with Crippen LogP contribution in [-0.4, -0.2) is 22.6 Å². The van der Waals surface area contributed by atoms with E-state index in [1.165, 1.54) is 0 Å². The standard InChI is InChI=1S/C14H17N3O/c1-10-6-5-7-13(18-4)14(10)16-11(2)12-8-15-17(3)9-12/h5-9H,1-4H3. The maximum absolute atomic E-state index is 5.34. The van der Waals surface area contributed by atoms with Crippen LogP contribution in [0, 0.1) is 6.92 Å². The molecule has 0 bridgehead atoms. The van der Waals surface area contributed by atoms with Crippen molar-refractivity contribution in [1.29, 1.82) is 0 Å². The number of aromatic nitrogens is 2. The van der Waals surface area contributed by atoms with Crippen LogP contribution in [0.25, 0.3) is 0 Å². The Morgan fingerprint density at radius 1 is 1.39 bits per heavy atom. The highest BCUT2D eigenvalue weighted by atomic mass is 16.5. The van der Waals surface area contributed by atoms with Gasteiger partial charge in [-0.15, -0.1) is 0 Å². The van der Waals surface area contributed by atoms with Crippen LogP contribution < -0.4 is 4.74 Å². The Morgan fingerprint density at radius 3 is 2.78 bits per heavy atom. The Hall–Kier alpha value is -2.10. The molecule has 1 heterocycles. The Morgan fingerprint density at radius 2 is 2.17 bits per heavy atom. The molecule has 4 nitrogen and oxygen atoms in total. The number of methoxy groups -OCH3 is 1. The van der Waals surface area contributed by atoms with Gasteiger partial charge in [0.25, 0.3) is 0 Å². The van der Waals surface area contributed by atoms with Crippen LogP contribution in [0.4, 0.5) is 5.69 Å². The summed E-state index contributed by atoms with van der Waals surface area (Å²) in [5.74, 6) is 0.790. The Bertz CT molecular complexity index is 584. The number of para-hydroxylation sites is 1. The molecule has 2 rings (SSSR count). The van der Waals surface area contributed by atoms with E-state index in [0.717, 1.165) is 28.3 Å². The molecule has 0 N–H and O–H groups in total. The van der Waals surface area contributed by atoms with Crippen molar-refractivity contribution in [2.24, 2.45) is 12.0 Å². The zero-order chi connectivity index (χ0) is 13.1. The van der Waals surface area contributed by atoms with Crippen molar-refractivity contribution in [1.82, 2.24) is 9.78 Å². The minimum Gasteiger partial charge on any atom is -0.494 e. The maximum atomic E-state index is 5.34. The molecule has 1 aromatic heterocycles. The molecule has 0 atom stereocenters. The summed E-state index contributed by atoms with van der Waals surface area (Å²) in [7, 11) is 3.55. The molecule has 0 amide bonds. The predicted octanol–water partition coefficient (Wildman–Crippen LogP) is 2.88. The number of rotatable bonds is 3. The van der Waals surface area contributed by atoms with Gasteiger partial charge in [-0.3, -0.25) is 4.68 Å². The average Bonchev–Trinajstić information content (AvgIpc) is 2.78. The van der Waals surface area contributed by atoms with Crippen molar-refractivity contribution < 1.29 is 4.74 Å². The second-order valence-electron chi connectivity index (χ2n) is 4.23. The van der Waals surface area contributed by atoms with Gasteiger partial charge in [-0.2, -0.15) is 5.10 Å². The van der Waals surface area contributed by atoms with E-state index < -0.39 is 0 Å². The van der Waals surface area contributed by atoms with Crippen LogP contribution in [0.15, 0.2) is 35.6 Å². The van der Waals surface area contributed by atoms with Crippen molar-refractivity contribution in [3.63, 3.8) is 0 Å². The lowest BCUT2D eigenvalue weighted by atomic mass is 10.1. The van der Waals surface area contributed by atoms with Gasteiger partial charge in [0, 0.05) is 24.5 Å². The summed E-state index contributed by atoms with van der Waals surface area (Å²) in [5.41, 5.74) is 3.91. The Kier molecular flexibility index (Phi) is 3.46. The van der Waals surface area contributed by atoms with Gasteiger partial charge in [-0.05, 0) is 25.5 Å². The van der Waals surface area contributed by atoms with E-state index in [1.807, 2.05) is 51.5 Å². The normalized spacial score (nSPS) is 11.7. The molecular formula is C14H17N3O. The fourth-order valence-electron chi connectivity index (χ4n) is 1.78. The van der Waals surface area contributed by atoms with Crippen molar-refractivity contribution in [2.75, 3.05) is 7.11 Å². The summed E-state index contributed by atoms with van der Waals surface area (Å²) in [6.45, 7) is 4.00. The number of ether oxygens (including phenoxy) is 1. The van der Waals surface area contributed by atoms with Gasteiger partial charge in [0.05, 0.1) is 13.3 Å². The van der Waals surface area contributed by atoms with Gasteiger partial charge in [-0.25, -0.2) is 4.99 Å². The third-order valence-corrected chi connectivity index (χ3v) is 2.82. The lowest BCUT2D eigenvalue weighted by Gasteiger charge is -2.08. The molecule has 0 aliphatic carbocycles. The van der Waals surface area contributed by atoms with Crippen molar-refractivity contribution in [2.45, 2.75) is 13.8 Å². The largest absolute Gasteiger partial charge is 0.494 e. The number of nitrogens with zero attached hydrogens (tertiary/aromatic N) is 3. The maximum Gasteiger partial charge on any atom is 0.144 e. The van der Waals surface area contributed by atoms with Crippen LogP contribution in [0.5, 0.6) is 5.75 Å². The Labute approximate surface area is 107 Å². The molecule has 0 radical (unpaired) electrons. The quantitative estimate of drug-likeness (QED) is 0.777. The third kappa shape index (κ3) is 2.42. The van der Waals surface area contributed by atoms with E-state index in [-0.39, 0.29) is 0 Å². The topological polar surface area (TPSA) is 39.4 Å². The summed E-state index contributed by atoms with van der Waals surface area (Å²) in [4.78, 5) is 4.65. The molecule has 4 heteroatoms. The van der Waals surface area contributed by atoms with E-state index in [2.05, 4.69) is 10.1 Å². The number of aliphatic imine (C=N–C) groups is 1. The van der Waals surface area contributed by atoms with E-state index in [1.54, 1.807) is 11.8 Å². The van der Waals surface area contributed by atoms with Crippen molar-refractivity contribution >= 4 is 11.4 Å². The first-order chi connectivity index (χ1) is 8.61. The van der Waals surface area contributed by atoms with Gasteiger partial charge >= 0.3 is 0 Å². The van der Waals surface area contributed by atoms with Crippen LogP contribution >= 0.6 is 0 Å². The SMILES string of the molecule is COc1cccc(C)c1N=C(C)c1cnn(C)c1. The zero-order valence-electron chi connectivity index (χ0n) is 11.1. The summed E-state index contributed by atoms with van der Waals surface area (Å²) in [6, 6.07) is 5.91. The van der Waals surface area contributed by atoms with Gasteiger partial charge in [-0.1, -0.05) is 12.1 Å². The lowest BCUT2D eigenvalue weighted by molar-refractivity contribution is 0.416. The predicted molar refractivity (Wildman–Crippen MR) is 72.8 cm³/mol. The fourth-order valence-corrected chi connectivity index (χ4v) is 1.78. The monoisotopic (exact) mass is 243 g/mol. The zero-order valence-corrected chi connectivity index (χ0v) is 11.1. The van der Waals surface area contributed by atoms with Crippen molar-refractivity contribution in [3.05, 3.63) is 41.7 Å². The minimum atomic E-state index is 0.790. The lowest BCUT2D eigenvalue weighted by Crippen LogP contribution is -1.94. The van der Waals surface area contributed by atoms with E-state index >= 15 is 0 Å². The van der Waals surface area contributed by atoms with Crippen LogP contribution in [0.3, 0.4) is 0 Å². The molecule has 0 saturated carbocycles. The van der Waals surface area contributed by atoms with Crippen LogP contribution in [0.2, 0.25) is 0 Å². The molecule has 18 heavy (non-hydrogen) atoms. The molecule has 0 saturated heterocycles. The highest BCUT2D eigenvalue weighted by molar-refractivity contribution is 6.00. The van der Waals surface area contributed by atoms with Gasteiger partial charge in [0.1, 0.15) is 11.4 Å². The van der Waals surface area contributed by atoms with E-state index in [9.17, 15) is 0 Å². The molecule has 0 spiro atoms. The second-order valence-corrected chi connectivity index (χ2v) is 4.23. The number of hydrogen-bond acceptors (Lipinski definition) is 3. The number of benzene rings is 1. The highest BCUT2D eigenvalue weighted by Crippen LogP contribution is 2.31. The van der Waals surface area contributed by atoms with Crippen LogP contribution in [-0.2, 0) is 7.05 Å². The number of aryl methyl sites for hydroxylation is 2. The minimum absolute atomic E-state index is 0.790. The molecule has 0 aliphatic rings. The summed E-state index contributed by atoms with van der Waals surface area (Å²) in [5, 5.41) is 4.15. The third-order valence-electron chi connectivity index (χ3n) is 2.82. The number of hydrogen-bond donors (Lipinski definition) is 0. The van der Waals surface area contributed by atoms with Crippen molar-refractivity contribution in [3.8, 4) is 5.75 Å². The van der Waals surface area contributed by atoms with Crippen LogP contribution in [0.1, 0.15) is 18.1 Å². The van der Waals surface area contributed by atoms with E-state index in [0.29, 0.717) is 0 Å². The molecule has 0 fully saturated rings. The first-order valence-corrected chi connectivity index (χ1v) is 5.79. The summed E-state index contributed by atoms with van der Waals surface area (Å²) >= 11 is 0. The molecule has 2 aromatic rings. The average molecular weight is 243 g/mol. The molecule has 0 aliphatic heterocycles. The first kappa shape index (κ1) is 12.4. The fraction of sp³-hybridized carbons (Fsp3) is 0.286. The van der Waals surface area contributed by atoms with Gasteiger partial charge in [0.15, 0.2) is 0 Å². The molecule has 94 valence electrons. The molecule has 0 unspecified atom stereocenters. The first-order valence-electron chi connectivity index (χ1n) is 5.79. The van der Waals surface area contributed by atoms with Gasteiger partial charge in [0.2, 0.25) is 0 Å². The second kappa shape index (κ2) is 5.04. The van der Waals surface area contributed by atoms with E-state index in [4.69, 9.17) is 4.74 Å². The Balaban J connectivity index is 2.44. The summed E-state index contributed by atoms with van der Waals surface area (Å²) < 4.78 is 7.11.